The monoisotopic (exact) mass is 219 g/mol. The maximum absolute atomic E-state index is 12.2. The van der Waals surface area contributed by atoms with Gasteiger partial charge in [0.2, 0.25) is 0 Å². The number of Topliss-reactive ketones (excluding diaryl/α,β-unsaturated/α-hetero) is 1. The Labute approximate surface area is 95.5 Å². The quantitative estimate of drug-likeness (QED) is 0.748. The summed E-state index contributed by atoms with van der Waals surface area (Å²) in [6.45, 7) is 1.94. The van der Waals surface area contributed by atoms with Gasteiger partial charge in [0.15, 0.2) is 5.78 Å². The predicted molar refractivity (Wildman–Crippen MR) is 62.6 cm³/mol. The van der Waals surface area contributed by atoms with Gasteiger partial charge < -0.3 is 10.4 Å². The fraction of sp³-hybridized carbons (Fsp3) is 0.462. The minimum absolute atomic E-state index is 0.138. The Balaban J connectivity index is 2.08. The van der Waals surface area contributed by atoms with E-state index >= 15 is 0 Å². The lowest BCUT2D eigenvalue weighted by Gasteiger charge is -2.12. The maximum Gasteiger partial charge on any atom is 0.165 e. The molecule has 3 heteroatoms. The third-order valence-corrected chi connectivity index (χ3v) is 3.10. The van der Waals surface area contributed by atoms with E-state index in [9.17, 15) is 9.90 Å². The molecule has 1 unspecified atom stereocenters. The zero-order valence-corrected chi connectivity index (χ0v) is 9.28. The van der Waals surface area contributed by atoms with Crippen LogP contribution < -0.4 is 5.32 Å². The van der Waals surface area contributed by atoms with Gasteiger partial charge in [-0.05, 0) is 56.6 Å². The van der Waals surface area contributed by atoms with E-state index in [1.54, 1.807) is 24.3 Å². The zero-order valence-electron chi connectivity index (χ0n) is 9.28. The second kappa shape index (κ2) is 5.12. The normalized spacial score (nSPS) is 21.4. The fourth-order valence-corrected chi connectivity index (χ4v) is 2.14. The largest absolute Gasteiger partial charge is 0.508 e. The highest BCUT2D eigenvalue weighted by atomic mass is 16.3. The van der Waals surface area contributed by atoms with Crippen LogP contribution >= 0.6 is 0 Å². The molecule has 3 nitrogen and oxygen atoms in total. The summed E-state index contributed by atoms with van der Waals surface area (Å²) in [5.41, 5.74) is 0.713. The molecule has 1 aromatic rings. The van der Waals surface area contributed by atoms with Crippen LogP contribution in [-0.2, 0) is 0 Å². The first-order chi connectivity index (χ1) is 7.77. The Morgan fingerprint density at radius 3 is 2.69 bits per heavy atom. The number of carbonyl (C=O) groups is 1. The molecule has 1 aliphatic rings. The topological polar surface area (TPSA) is 49.3 Å². The van der Waals surface area contributed by atoms with Crippen molar-refractivity contribution in [3.05, 3.63) is 29.8 Å². The Bertz CT molecular complexity index is 351. The lowest BCUT2D eigenvalue weighted by atomic mass is 9.91. The summed E-state index contributed by atoms with van der Waals surface area (Å²) < 4.78 is 0. The number of aromatic hydroxyl groups is 1. The molecule has 0 bridgehead atoms. The van der Waals surface area contributed by atoms with E-state index in [2.05, 4.69) is 5.32 Å². The minimum Gasteiger partial charge on any atom is -0.508 e. The van der Waals surface area contributed by atoms with Gasteiger partial charge >= 0.3 is 0 Å². The molecule has 0 aromatic heterocycles. The van der Waals surface area contributed by atoms with E-state index in [0.717, 1.165) is 32.4 Å². The average Bonchev–Trinajstić information content (AvgIpc) is 2.57. The Kier molecular flexibility index (Phi) is 3.57. The van der Waals surface area contributed by atoms with E-state index < -0.39 is 0 Å². The first-order valence-electron chi connectivity index (χ1n) is 5.81. The first kappa shape index (κ1) is 11.1. The van der Waals surface area contributed by atoms with Crippen LogP contribution in [0.2, 0.25) is 0 Å². The summed E-state index contributed by atoms with van der Waals surface area (Å²) in [7, 11) is 0. The second-order valence-electron chi connectivity index (χ2n) is 4.29. The van der Waals surface area contributed by atoms with Gasteiger partial charge in [0.25, 0.3) is 0 Å². The smallest absolute Gasteiger partial charge is 0.165 e. The van der Waals surface area contributed by atoms with Crippen molar-refractivity contribution in [3.63, 3.8) is 0 Å². The number of phenols is 1. The van der Waals surface area contributed by atoms with Gasteiger partial charge in [-0.1, -0.05) is 0 Å². The zero-order chi connectivity index (χ0) is 11.4. The number of phenolic OH excluding ortho intramolecular Hbond substituents is 1. The number of hydrogen-bond acceptors (Lipinski definition) is 3. The summed E-state index contributed by atoms with van der Waals surface area (Å²) in [5, 5.41) is 12.5. The van der Waals surface area contributed by atoms with Gasteiger partial charge in [0.1, 0.15) is 5.75 Å². The van der Waals surface area contributed by atoms with Gasteiger partial charge in [0.05, 0.1) is 0 Å². The average molecular weight is 219 g/mol. The van der Waals surface area contributed by atoms with Crippen molar-refractivity contribution < 1.29 is 9.90 Å². The van der Waals surface area contributed by atoms with Gasteiger partial charge in [-0.3, -0.25) is 4.79 Å². The summed E-state index contributed by atoms with van der Waals surface area (Å²) >= 11 is 0. The molecule has 2 N–H and O–H groups in total. The van der Waals surface area contributed by atoms with Crippen molar-refractivity contribution in [3.8, 4) is 5.75 Å². The summed E-state index contributed by atoms with van der Waals surface area (Å²) in [6, 6.07) is 6.55. The molecule has 16 heavy (non-hydrogen) atoms. The number of hydrogen-bond donors (Lipinski definition) is 2. The van der Waals surface area contributed by atoms with E-state index in [1.807, 2.05) is 0 Å². The van der Waals surface area contributed by atoms with E-state index in [4.69, 9.17) is 0 Å². The first-order valence-corrected chi connectivity index (χ1v) is 5.81. The van der Waals surface area contributed by atoms with Crippen molar-refractivity contribution in [1.82, 2.24) is 5.32 Å². The number of benzene rings is 1. The fourth-order valence-electron chi connectivity index (χ4n) is 2.14. The molecule has 0 aliphatic carbocycles. The number of rotatable bonds is 2. The van der Waals surface area contributed by atoms with Gasteiger partial charge in [0, 0.05) is 11.5 Å². The highest BCUT2D eigenvalue weighted by Gasteiger charge is 2.20. The highest BCUT2D eigenvalue weighted by Crippen LogP contribution is 2.20. The molecular weight excluding hydrogens is 202 g/mol. The van der Waals surface area contributed by atoms with Crippen molar-refractivity contribution in [2.24, 2.45) is 5.92 Å². The maximum atomic E-state index is 12.2. The molecule has 0 saturated carbocycles. The lowest BCUT2D eigenvalue weighted by Crippen LogP contribution is -2.17. The standard InChI is InChI=1S/C13H17NO2/c15-12-5-3-11(4-6-12)13(16)10-2-1-8-14-9-7-10/h3-6,10,14-15H,1-2,7-9H2. The Morgan fingerprint density at radius 1 is 1.19 bits per heavy atom. The van der Waals surface area contributed by atoms with Crippen LogP contribution in [0.1, 0.15) is 29.6 Å². The summed E-state index contributed by atoms with van der Waals surface area (Å²) in [6.07, 6.45) is 2.95. The molecule has 1 aromatic carbocycles. The Hall–Kier alpha value is -1.35. The molecule has 1 heterocycles. The highest BCUT2D eigenvalue weighted by molar-refractivity contribution is 5.97. The second-order valence-corrected chi connectivity index (χ2v) is 4.29. The van der Waals surface area contributed by atoms with Crippen LogP contribution in [0.25, 0.3) is 0 Å². The van der Waals surface area contributed by atoms with Crippen molar-refractivity contribution >= 4 is 5.78 Å². The van der Waals surface area contributed by atoms with Crippen LogP contribution in [0.15, 0.2) is 24.3 Å². The summed E-state index contributed by atoms with van der Waals surface area (Å²) in [5.74, 6) is 0.558. The van der Waals surface area contributed by atoms with Crippen LogP contribution in [0.5, 0.6) is 5.75 Å². The minimum atomic E-state index is 0.138. The SMILES string of the molecule is O=C(c1ccc(O)cc1)C1CCCNCC1. The van der Waals surface area contributed by atoms with E-state index in [0.29, 0.717) is 5.56 Å². The number of nitrogens with one attached hydrogen (secondary N) is 1. The molecule has 2 rings (SSSR count). The molecule has 1 aliphatic heterocycles. The van der Waals surface area contributed by atoms with Crippen molar-refractivity contribution in [1.29, 1.82) is 0 Å². The van der Waals surface area contributed by atoms with E-state index in [-0.39, 0.29) is 17.5 Å². The number of carbonyl (C=O) groups excluding carboxylic acids is 1. The number of ketones is 1. The molecule has 0 amide bonds. The van der Waals surface area contributed by atoms with Crippen molar-refractivity contribution in [2.45, 2.75) is 19.3 Å². The molecule has 1 fully saturated rings. The molecular formula is C13H17NO2. The summed E-state index contributed by atoms with van der Waals surface area (Å²) in [4.78, 5) is 12.2. The molecule has 1 atom stereocenters. The molecule has 1 saturated heterocycles. The third kappa shape index (κ3) is 2.61. The van der Waals surface area contributed by atoms with Crippen LogP contribution in [0, 0.1) is 5.92 Å². The van der Waals surface area contributed by atoms with Crippen LogP contribution in [0.3, 0.4) is 0 Å². The van der Waals surface area contributed by atoms with Crippen molar-refractivity contribution in [2.75, 3.05) is 13.1 Å². The van der Waals surface area contributed by atoms with Gasteiger partial charge in [-0.15, -0.1) is 0 Å². The third-order valence-electron chi connectivity index (χ3n) is 3.10. The van der Waals surface area contributed by atoms with Crippen LogP contribution in [-0.4, -0.2) is 24.0 Å². The lowest BCUT2D eigenvalue weighted by molar-refractivity contribution is 0.0910. The van der Waals surface area contributed by atoms with E-state index in [1.165, 1.54) is 0 Å². The predicted octanol–water partition coefficient (Wildman–Crippen LogP) is 1.96. The van der Waals surface area contributed by atoms with Gasteiger partial charge in [-0.25, -0.2) is 0 Å². The van der Waals surface area contributed by atoms with Crippen LogP contribution in [0.4, 0.5) is 0 Å². The Morgan fingerprint density at radius 2 is 1.94 bits per heavy atom. The molecule has 86 valence electrons. The molecule has 0 spiro atoms. The van der Waals surface area contributed by atoms with Gasteiger partial charge in [-0.2, -0.15) is 0 Å². The molecule has 0 radical (unpaired) electrons.